The van der Waals surface area contributed by atoms with Gasteiger partial charge in [0.05, 0.1) is 16.1 Å². The summed E-state index contributed by atoms with van der Waals surface area (Å²) < 4.78 is 0. The summed E-state index contributed by atoms with van der Waals surface area (Å²) in [5.41, 5.74) is 0.0891. The third-order valence-corrected chi connectivity index (χ3v) is 4.55. The molecule has 3 rings (SSSR count). The minimum Gasteiger partial charge on any atom is -0.478 e. The van der Waals surface area contributed by atoms with Crippen molar-refractivity contribution in [1.29, 1.82) is 0 Å². The number of benzene rings is 2. The van der Waals surface area contributed by atoms with Crippen LogP contribution in [0, 0.1) is 10.1 Å². The highest BCUT2D eigenvalue weighted by Crippen LogP contribution is 2.17. The van der Waals surface area contributed by atoms with Gasteiger partial charge in [-0.05, 0) is 18.2 Å². The molecule has 9 heteroatoms. The number of hydrogen-bond donors (Lipinski definition) is 1. The van der Waals surface area contributed by atoms with Crippen molar-refractivity contribution in [3.05, 3.63) is 75.3 Å². The smallest absolute Gasteiger partial charge is 0.336 e. The second-order valence-electron chi connectivity index (χ2n) is 6.24. The Hall–Kier alpha value is -3.75. The average Bonchev–Trinajstić information content (AvgIpc) is 2.72. The number of carboxylic acid groups (broad SMARTS) is 1. The predicted molar refractivity (Wildman–Crippen MR) is 98.3 cm³/mol. The van der Waals surface area contributed by atoms with Crippen LogP contribution in [0.15, 0.2) is 48.5 Å². The fourth-order valence-electron chi connectivity index (χ4n) is 3.07. The molecule has 0 radical (unpaired) electrons. The van der Waals surface area contributed by atoms with E-state index in [1.807, 2.05) is 0 Å². The Morgan fingerprint density at radius 2 is 1.43 bits per heavy atom. The molecule has 2 aromatic rings. The van der Waals surface area contributed by atoms with Crippen LogP contribution in [0.4, 0.5) is 5.69 Å². The number of aromatic carboxylic acids is 1. The molecule has 0 saturated carbocycles. The largest absolute Gasteiger partial charge is 0.478 e. The molecule has 1 aliphatic heterocycles. The van der Waals surface area contributed by atoms with Crippen molar-refractivity contribution >= 4 is 23.5 Å². The minimum absolute atomic E-state index is 0.0670. The number of carbonyl (C=O) groups is 3. The van der Waals surface area contributed by atoms with Crippen molar-refractivity contribution < 1.29 is 24.4 Å². The Kier molecular flexibility index (Phi) is 5.35. The number of amides is 2. The van der Waals surface area contributed by atoms with Crippen LogP contribution >= 0.6 is 0 Å². The molecule has 0 atom stereocenters. The Morgan fingerprint density at radius 3 is 2.00 bits per heavy atom. The molecule has 1 aliphatic rings. The number of nitro groups is 1. The highest BCUT2D eigenvalue weighted by Gasteiger charge is 2.28. The molecular weight excluding hydrogens is 366 g/mol. The van der Waals surface area contributed by atoms with E-state index in [0.717, 1.165) is 0 Å². The van der Waals surface area contributed by atoms with Crippen molar-refractivity contribution in [3.63, 3.8) is 0 Å². The summed E-state index contributed by atoms with van der Waals surface area (Å²) in [4.78, 5) is 49.9. The topological polar surface area (TPSA) is 121 Å². The Balaban J connectivity index is 1.68. The number of carbonyl (C=O) groups excluding carboxylic acids is 2. The quantitative estimate of drug-likeness (QED) is 0.636. The molecule has 1 N–H and O–H groups in total. The van der Waals surface area contributed by atoms with E-state index in [-0.39, 0.29) is 54.5 Å². The van der Waals surface area contributed by atoms with Gasteiger partial charge in [-0.1, -0.05) is 18.2 Å². The van der Waals surface area contributed by atoms with Gasteiger partial charge in [-0.15, -0.1) is 0 Å². The Morgan fingerprint density at radius 1 is 0.857 bits per heavy atom. The second kappa shape index (κ2) is 7.87. The summed E-state index contributed by atoms with van der Waals surface area (Å²) in [6.45, 7) is 0.992. The van der Waals surface area contributed by atoms with Gasteiger partial charge in [0, 0.05) is 43.9 Å². The van der Waals surface area contributed by atoms with E-state index in [2.05, 4.69) is 0 Å². The zero-order valence-electron chi connectivity index (χ0n) is 14.8. The number of piperazine rings is 1. The molecule has 0 bridgehead atoms. The van der Waals surface area contributed by atoms with Gasteiger partial charge in [0.25, 0.3) is 17.5 Å². The highest BCUT2D eigenvalue weighted by molar-refractivity contribution is 6.05. The number of nitro benzene ring substituents is 1. The van der Waals surface area contributed by atoms with Crippen LogP contribution in [-0.4, -0.2) is 63.8 Å². The molecule has 1 saturated heterocycles. The van der Waals surface area contributed by atoms with Crippen LogP contribution in [0.1, 0.15) is 31.1 Å². The molecule has 0 unspecified atom stereocenters. The maximum atomic E-state index is 12.7. The lowest BCUT2D eigenvalue weighted by Crippen LogP contribution is -2.50. The Labute approximate surface area is 159 Å². The first-order chi connectivity index (χ1) is 13.4. The Bertz CT molecular complexity index is 950. The van der Waals surface area contributed by atoms with Gasteiger partial charge in [-0.2, -0.15) is 0 Å². The monoisotopic (exact) mass is 383 g/mol. The van der Waals surface area contributed by atoms with E-state index in [9.17, 15) is 29.6 Å². The van der Waals surface area contributed by atoms with Crippen molar-refractivity contribution in [1.82, 2.24) is 9.80 Å². The number of hydrogen-bond acceptors (Lipinski definition) is 5. The van der Waals surface area contributed by atoms with Crippen LogP contribution in [0.25, 0.3) is 0 Å². The van der Waals surface area contributed by atoms with Crippen LogP contribution in [0.3, 0.4) is 0 Å². The van der Waals surface area contributed by atoms with Gasteiger partial charge in [0.1, 0.15) is 0 Å². The molecule has 28 heavy (non-hydrogen) atoms. The lowest BCUT2D eigenvalue weighted by Gasteiger charge is -2.35. The fraction of sp³-hybridized carbons (Fsp3) is 0.211. The summed E-state index contributed by atoms with van der Waals surface area (Å²) in [5.74, 6) is -1.93. The van der Waals surface area contributed by atoms with Crippen LogP contribution < -0.4 is 0 Å². The predicted octanol–water partition coefficient (Wildman–Crippen LogP) is 1.89. The summed E-state index contributed by atoms with van der Waals surface area (Å²) in [6.07, 6.45) is 0. The van der Waals surface area contributed by atoms with Crippen molar-refractivity contribution in [3.8, 4) is 0 Å². The van der Waals surface area contributed by atoms with Gasteiger partial charge in [0.2, 0.25) is 0 Å². The van der Waals surface area contributed by atoms with E-state index in [1.54, 1.807) is 12.1 Å². The summed E-state index contributed by atoms with van der Waals surface area (Å²) in [6, 6.07) is 11.5. The summed E-state index contributed by atoms with van der Waals surface area (Å²) >= 11 is 0. The molecule has 2 amide bonds. The number of non-ortho nitro benzene ring substituents is 1. The van der Waals surface area contributed by atoms with E-state index >= 15 is 0 Å². The number of carboxylic acids is 1. The SMILES string of the molecule is O=C(O)c1ccccc1C(=O)N1CCN(C(=O)c2cccc([N+](=O)[O-])c2)CC1. The van der Waals surface area contributed by atoms with Crippen LogP contribution in [0.2, 0.25) is 0 Å². The zero-order valence-corrected chi connectivity index (χ0v) is 14.8. The maximum absolute atomic E-state index is 12.7. The zero-order chi connectivity index (χ0) is 20.3. The lowest BCUT2D eigenvalue weighted by atomic mass is 10.1. The normalized spacial score (nSPS) is 13.9. The first-order valence-electron chi connectivity index (χ1n) is 8.54. The van der Waals surface area contributed by atoms with Crippen molar-refractivity contribution in [2.24, 2.45) is 0 Å². The van der Waals surface area contributed by atoms with Gasteiger partial charge in [0.15, 0.2) is 0 Å². The second-order valence-corrected chi connectivity index (χ2v) is 6.24. The third-order valence-electron chi connectivity index (χ3n) is 4.55. The van der Waals surface area contributed by atoms with Gasteiger partial charge >= 0.3 is 5.97 Å². The average molecular weight is 383 g/mol. The fourth-order valence-corrected chi connectivity index (χ4v) is 3.07. The number of nitrogens with zero attached hydrogens (tertiary/aromatic N) is 3. The minimum atomic E-state index is -1.18. The van der Waals surface area contributed by atoms with Gasteiger partial charge < -0.3 is 14.9 Å². The third kappa shape index (κ3) is 3.83. The lowest BCUT2D eigenvalue weighted by molar-refractivity contribution is -0.384. The summed E-state index contributed by atoms with van der Waals surface area (Å²) in [7, 11) is 0. The molecule has 1 heterocycles. The van der Waals surface area contributed by atoms with E-state index in [0.29, 0.717) is 0 Å². The van der Waals surface area contributed by atoms with Crippen molar-refractivity contribution in [2.75, 3.05) is 26.2 Å². The first-order valence-corrected chi connectivity index (χ1v) is 8.54. The highest BCUT2D eigenvalue weighted by atomic mass is 16.6. The van der Waals surface area contributed by atoms with Gasteiger partial charge in [-0.25, -0.2) is 4.79 Å². The van der Waals surface area contributed by atoms with E-state index in [1.165, 1.54) is 46.2 Å². The molecule has 9 nitrogen and oxygen atoms in total. The summed E-state index contributed by atoms with van der Waals surface area (Å²) in [5, 5.41) is 20.1. The molecule has 0 aliphatic carbocycles. The molecule has 2 aromatic carbocycles. The van der Waals surface area contributed by atoms with Crippen LogP contribution in [0.5, 0.6) is 0 Å². The first kappa shape index (κ1) is 19.0. The molecule has 144 valence electrons. The van der Waals surface area contributed by atoms with E-state index < -0.39 is 16.8 Å². The molecular formula is C19H17N3O6. The van der Waals surface area contributed by atoms with Gasteiger partial charge in [-0.3, -0.25) is 19.7 Å². The van der Waals surface area contributed by atoms with E-state index in [4.69, 9.17) is 0 Å². The van der Waals surface area contributed by atoms with Crippen molar-refractivity contribution in [2.45, 2.75) is 0 Å². The van der Waals surface area contributed by atoms with Crippen LogP contribution in [-0.2, 0) is 0 Å². The molecule has 1 fully saturated rings. The molecule has 0 aromatic heterocycles. The maximum Gasteiger partial charge on any atom is 0.336 e. The standard InChI is InChI=1S/C19H17N3O6/c23-17(13-4-3-5-14(12-13)22(27)28)20-8-10-21(11-9-20)18(24)15-6-1-2-7-16(15)19(25)26/h1-7,12H,8-11H2,(H,25,26). The molecule has 0 spiro atoms. The number of rotatable bonds is 4.